The van der Waals surface area contributed by atoms with Gasteiger partial charge in [-0.2, -0.15) is 0 Å². The van der Waals surface area contributed by atoms with Crippen LogP contribution in [0.3, 0.4) is 0 Å². The molecule has 6 N–H and O–H groups in total. The van der Waals surface area contributed by atoms with Crippen molar-refractivity contribution in [1.82, 2.24) is 20.9 Å². The molecule has 7 aliphatic carbocycles. The summed E-state index contributed by atoms with van der Waals surface area (Å²) in [4.78, 5) is 89.0. The van der Waals surface area contributed by atoms with Crippen LogP contribution in [0, 0.1) is 34.0 Å². The predicted molar refractivity (Wildman–Crippen MR) is 240 cm³/mol. The molecule has 16 heteroatoms. The molecule has 10 atom stereocenters. The van der Waals surface area contributed by atoms with Crippen LogP contribution in [0.15, 0.2) is 60.2 Å². The summed E-state index contributed by atoms with van der Waals surface area (Å²) in [6.45, 7) is 3.89. The Hall–Kier alpha value is -4.87. The Balaban J connectivity index is 0.794. The molecule has 0 aromatic heterocycles. The number of ketones is 2. The highest BCUT2D eigenvalue weighted by Crippen LogP contribution is 2.70. The van der Waals surface area contributed by atoms with Gasteiger partial charge < -0.3 is 40.7 Å². The molecule has 4 amide bonds. The third-order valence-corrected chi connectivity index (χ3v) is 17.6. The summed E-state index contributed by atoms with van der Waals surface area (Å²) >= 11 is 0. The van der Waals surface area contributed by atoms with E-state index in [1.807, 2.05) is 25.1 Å². The molecular weight excluding hydrogens is 861 g/mol. The summed E-state index contributed by atoms with van der Waals surface area (Å²) in [5.74, 6) is -3.17. The van der Waals surface area contributed by atoms with Gasteiger partial charge in [-0.05, 0) is 125 Å². The second-order valence-corrected chi connectivity index (χ2v) is 21.3. The van der Waals surface area contributed by atoms with Crippen LogP contribution < -0.4 is 16.0 Å². The van der Waals surface area contributed by atoms with Crippen molar-refractivity contribution in [3.63, 3.8) is 0 Å². The number of carboxylic acids is 1. The largest absolute Gasteiger partial charge is 0.481 e. The molecule has 67 heavy (non-hydrogen) atoms. The quantitative estimate of drug-likeness (QED) is 0.0974. The van der Waals surface area contributed by atoms with Crippen LogP contribution in [0.4, 0.5) is 0 Å². The number of carbonyl (C=O) groups is 7. The average Bonchev–Trinajstić information content (AvgIpc) is 3.93. The Kier molecular flexibility index (Phi) is 12.6. The molecule has 0 unspecified atom stereocenters. The number of aliphatic carboxylic acids is 1. The number of fused-ring (bicyclic) bond motifs is 10. The Morgan fingerprint density at radius 3 is 2.33 bits per heavy atom. The molecular formula is C51H64N4O12. The number of carboxylic acid groups (broad SMARTS) is 1. The lowest BCUT2D eigenvalue weighted by molar-refractivity contribution is -0.201. The highest BCUT2D eigenvalue weighted by Gasteiger charge is 2.76. The third kappa shape index (κ3) is 8.34. The first kappa shape index (κ1) is 47.2. The van der Waals surface area contributed by atoms with Crippen LogP contribution in [0.5, 0.6) is 0 Å². The molecule has 1 aromatic carbocycles. The fourth-order valence-corrected chi connectivity index (χ4v) is 14.1. The van der Waals surface area contributed by atoms with Gasteiger partial charge in [-0.3, -0.25) is 38.5 Å². The van der Waals surface area contributed by atoms with E-state index in [0.29, 0.717) is 25.8 Å². The first-order chi connectivity index (χ1) is 31.9. The van der Waals surface area contributed by atoms with E-state index in [1.54, 1.807) is 12.2 Å². The topological polar surface area (TPSA) is 238 Å². The molecule has 2 aliphatic heterocycles. The third-order valence-electron chi connectivity index (χ3n) is 17.6. The number of amides is 4. The van der Waals surface area contributed by atoms with Gasteiger partial charge in [0.1, 0.15) is 12.6 Å². The zero-order valence-electron chi connectivity index (χ0n) is 38.4. The number of ether oxygens (including phenoxy) is 2. The highest BCUT2D eigenvalue weighted by atomic mass is 16.7. The van der Waals surface area contributed by atoms with E-state index < -0.39 is 76.7 Å². The number of carbonyl (C=O) groups excluding carboxylic acids is 6. The molecule has 16 nitrogen and oxygen atoms in total. The van der Waals surface area contributed by atoms with Gasteiger partial charge in [-0.1, -0.05) is 49.8 Å². The number of aliphatic hydroxyl groups excluding tert-OH is 2. The monoisotopic (exact) mass is 924 g/mol. The van der Waals surface area contributed by atoms with Crippen molar-refractivity contribution < 1.29 is 58.4 Å². The van der Waals surface area contributed by atoms with E-state index in [2.05, 4.69) is 35.0 Å². The van der Waals surface area contributed by atoms with Gasteiger partial charge in [-0.25, -0.2) is 0 Å². The maximum absolute atomic E-state index is 14.0. The van der Waals surface area contributed by atoms with Gasteiger partial charge in [0.15, 0.2) is 23.5 Å². The molecule has 1 saturated heterocycles. The minimum absolute atomic E-state index is 0.00323. The Morgan fingerprint density at radius 2 is 1.66 bits per heavy atom. The number of nitrogens with zero attached hydrogens (tertiary/aromatic N) is 1. The number of hydrogen-bond acceptors (Lipinski definition) is 12. The Labute approximate surface area is 390 Å². The van der Waals surface area contributed by atoms with Crippen molar-refractivity contribution in [3.8, 4) is 0 Å². The highest BCUT2D eigenvalue weighted by molar-refractivity contribution is 6.12. The summed E-state index contributed by atoms with van der Waals surface area (Å²) in [5.41, 5.74) is -0.116. The first-order valence-electron chi connectivity index (χ1n) is 24.2. The number of aliphatic hydroxyl groups is 2. The number of Topliss-reactive ketones (excluding diaryl/α,β-unsaturated/α-hetero) is 1. The maximum atomic E-state index is 14.0. The maximum Gasteiger partial charge on any atom is 0.303 e. The zero-order chi connectivity index (χ0) is 47.5. The number of imide groups is 1. The van der Waals surface area contributed by atoms with Crippen molar-refractivity contribution in [2.24, 2.45) is 34.0 Å². The summed E-state index contributed by atoms with van der Waals surface area (Å²) in [5, 5.41) is 40.7. The lowest BCUT2D eigenvalue weighted by atomic mass is 9.46. The van der Waals surface area contributed by atoms with E-state index in [9.17, 15) is 48.9 Å². The summed E-state index contributed by atoms with van der Waals surface area (Å²) in [6.07, 6.45) is 13.8. The number of hydrogen-bond donors (Lipinski definition) is 6. The molecule has 0 spiro atoms. The number of benzene rings is 1. The smallest absolute Gasteiger partial charge is 0.303 e. The average molecular weight is 925 g/mol. The summed E-state index contributed by atoms with van der Waals surface area (Å²) in [7, 11) is 0. The fourth-order valence-electron chi connectivity index (χ4n) is 14.1. The van der Waals surface area contributed by atoms with E-state index in [4.69, 9.17) is 9.47 Å². The lowest BCUT2D eigenvalue weighted by Crippen LogP contribution is -2.63. The SMILES string of the molecule is C[C@]12C=CC(=O)C=C1CC[C@@H]1[C@@H]2[C@@H](O)C[C@@]2(C)[C@H]1C[C@H]1O[C@@H](c3ccc(CC45CCC(NC(=O)[C@H](CCC(=O)O)NC(=O)CNCCCN6C(=O)C=CC6=O)(CC4)CC5)cc3)O[C@]12C(=O)CO. The second-order valence-electron chi connectivity index (χ2n) is 21.3. The molecule has 6 saturated carbocycles. The molecule has 0 radical (unpaired) electrons. The molecule has 2 bridgehead atoms. The summed E-state index contributed by atoms with van der Waals surface area (Å²) < 4.78 is 13.5. The van der Waals surface area contributed by atoms with Crippen LogP contribution in [0.25, 0.3) is 0 Å². The molecule has 360 valence electrons. The lowest BCUT2D eigenvalue weighted by Gasteiger charge is -2.59. The van der Waals surface area contributed by atoms with Crippen LogP contribution in [0.1, 0.15) is 115 Å². The van der Waals surface area contributed by atoms with Crippen molar-refractivity contribution in [2.75, 3.05) is 26.2 Å². The van der Waals surface area contributed by atoms with Crippen LogP contribution in [0.2, 0.25) is 0 Å². The fraction of sp³-hybridized carbons (Fsp3) is 0.627. The Bertz CT molecular complexity index is 2270. The molecule has 10 rings (SSSR count). The van der Waals surface area contributed by atoms with E-state index in [-0.39, 0.29) is 66.7 Å². The molecule has 9 aliphatic rings. The van der Waals surface area contributed by atoms with Crippen molar-refractivity contribution in [1.29, 1.82) is 0 Å². The van der Waals surface area contributed by atoms with Gasteiger partial charge in [-0.15, -0.1) is 0 Å². The van der Waals surface area contributed by atoms with Crippen molar-refractivity contribution in [2.45, 2.75) is 139 Å². The first-order valence-corrected chi connectivity index (χ1v) is 24.2. The van der Waals surface area contributed by atoms with Gasteiger partial charge in [0, 0.05) is 53.0 Å². The minimum Gasteiger partial charge on any atom is -0.481 e. The Morgan fingerprint density at radius 1 is 0.955 bits per heavy atom. The zero-order valence-corrected chi connectivity index (χ0v) is 38.4. The van der Waals surface area contributed by atoms with Crippen LogP contribution >= 0.6 is 0 Å². The number of allylic oxidation sites excluding steroid dienone is 4. The van der Waals surface area contributed by atoms with Crippen molar-refractivity contribution in [3.05, 3.63) is 71.3 Å². The standard InChI is InChI=1S/C51H64N4O12/c1-47-15-14-33(57)24-32(47)8-9-34-35-25-39-51(38(59)29-56,48(35,2)27-37(58)44(34)47)67-46(66-39)31-6-4-30(5-7-31)26-49-16-19-50(20-17-49,21-18-49)54-45(65)36(10-13-43(63)64)53-40(60)28-52-22-3-23-55-41(61)11-12-42(55)62/h4-7,11-12,14-15,24,34-37,39,44,46,52,56,58H,3,8-10,13,16-23,25-29H2,1-2H3,(H,53,60)(H,54,65)(H,63,64)/t34-,35-,36-,37-,39+,44+,46+,47-,48-,49?,50?,51+/m0/s1. The van der Waals surface area contributed by atoms with Gasteiger partial charge >= 0.3 is 5.97 Å². The van der Waals surface area contributed by atoms with E-state index in [0.717, 1.165) is 79.4 Å². The predicted octanol–water partition coefficient (Wildman–Crippen LogP) is 3.30. The van der Waals surface area contributed by atoms with E-state index >= 15 is 0 Å². The van der Waals surface area contributed by atoms with E-state index in [1.165, 1.54) is 12.2 Å². The summed E-state index contributed by atoms with van der Waals surface area (Å²) in [6, 6.07) is 7.11. The van der Waals surface area contributed by atoms with Gasteiger partial charge in [0.2, 0.25) is 11.8 Å². The molecule has 7 fully saturated rings. The molecule has 1 aromatic rings. The van der Waals surface area contributed by atoms with Crippen LogP contribution in [-0.4, -0.2) is 117 Å². The van der Waals surface area contributed by atoms with Gasteiger partial charge in [0.05, 0.1) is 18.8 Å². The molecule has 2 heterocycles. The van der Waals surface area contributed by atoms with Crippen molar-refractivity contribution >= 4 is 41.2 Å². The number of rotatable bonds is 17. The second kappa shape index (κ2) is 17.9. The normalized spacial score (nSPS) is 37.3. The van der Waals surface area contributed by atoms with Crippen LogP contribution in [-0.2, 0) is 49.5 Å². The van der Waals surface area contributed by atoms with Gasteiger partial charge in [0.25, 0.3) is 11.8 Å². The minimum atomic E-state index is -1.43. The number of nitrogens with one attached hydrogen (secondary N) is 3.